The molecule has 0 amide bonds. The Balaban J connectivity index is 1.76. The van der Waals surface area contributed by atoms with Crippen LogP contribution in [0.5, 0.6) is 11.5 Å². The van der Waals surface area contributed by atoms with Crippen LogP contribution in [0.4, 0.5) is 5.69 Å². The maximum atomic E-state index is 13.3. The van der Waals surface area contributed by atoms with Crippen LogP contribution < -0.4 is 13.8 Å². The Morgan fingerprint density at radius 3 is 2.56 bits per heavy atom. The van der Waals surface area contributed by atoms with Crippen molar-refractivity contribution < 1.29 is 17.9 Å². The summed E-state index contributed by atoms with van der Waals surface area (Å²) < 4.78 is 39.4. The van der Waals surface area contributed by atoms with Gasteiger partial charge in [0, 0.05) is 19.0 Å². The minimum Gasteiger partial charge on any atom is -0.490 e. The van der Waals surface area contributed by atoms with E-state index in [1.54, 1.807) is 18.2 Å². The Kier molecular flexibility index (Phi) is 4.29. The fraction of sp³-hybridized carbons (Fsp3) is 0.368. The van der Waals surface area contributed by atoms with Crippen LogP contribution >= 0.6 is 0 Å². The van der Waals surface area contributed by atoms with E-state index < -0.39 is 10.0 Å². The van der Waals surface area contributed by atoms with E-state index in [0.717, 1.165) is 36.9 Å². The monoisotopic (exact) mass is 359 g/mol. The number of rotatable bonds is 2. The molecule has 25 heavy (non-hydrogen) atoms. The first-order valence-electron chi connectivity index (χ1n) is 8.66. The van der Waals surface area contributed by atoms with Crippen LogP contribution in [-0.4, -0.2) is 28.2 Å². The fourth-order valence-electron chi connectivity index (χ4n) is 3.34. The Labute approximate surface area is 148 Å². The number of para-hydroxylation sites is 1. The van der Waals surface area contributed by atoms with Gasteiger partial charge in [-0.25, -0.2) is 8.42 Å². The number of benzene rings is 2. The fourth-order valence-corrected chi connectivity index (χ4v) is 4.89. The minimum absolute atomic E-state index is 0.244. The molecule has 5 nitrogen and oxygen atoms in total. The van der Waals surface area contributed by atoms with Crippen molar-refractivity contribution in [3.05, 3.63) is 48.0 Å². The number of nitrogens with zero attached hydrogens (tertiary/aromatic N) is 1. The molecule has 2 heterocycles. The number of fused-ring (bicyclic) bond motifs is 2. The Bertz CT molecular complexity index is 879. The minimum atomic E-state index is -3.65. The third-order valence-corrected chi connectivity index (χ3v) is 6.43. The molecule has 0 radical (unpaired) electrons. The lowest BCUT2D eigenvalue weighted by Gasteiger charge is -2.25. The molecule has 2 aliphatic rings. The van der Waals surface area contributed by atoms with Gasteiger partial charge in [-0.15, -0.1) is 0 Å². The zero-order valence-electron chi connectivity index (χ0n) is 14.0. The zero-order valence-corrected chi connectivity index (χ0v) is 14.8. The quantitative estimate of drug-likeness (QED) is 0.825. The topological polar surface area (TPSA) is 55.8 Å². The summed E-state index contributed by atoms with van der Waals surface area (Å²) in [6.45, 7) is 1.61. The van der Waals surface area contributed by atoms with Crippen molar-refractivity contribution >= 4 is 15.7 Å². The first kappa shape index (κ1) is 16.3. The average molecular weight is 359 g/mol. The molecule has 2 aromatic rings. The molecule has 0 atom stereocenters. The van der Waals surface area contributed by atoms with Gasteiger partial charge in [0.25, 0.3) is 10.0 Å². The SMILES string of the molecule is O=S(=O)(c1ccc2c(c1)OCCCO2)N1CCCCc2ccccc21. The van der Waals surface area contributed by atoms with Crippen LogP contribution in [0.1, 0.15) is 24.8 Å². The van der Waals surface area contributed by atoms with E-state index in [9.17, 15) is 8.42 Å². The van der Waals surface area contributed by atoms with Gasteiger partial charge in [0.15, 0.2) is 11.5 Å². The number of hydrogen-bond donors (Lipinski definition) is 0. The zero-order chi connectivity index (χ0) is 17.3. The third kappa shape index (κ3) is 3.06. The highest BCUT2D eigenvalue weighted by atomic mass is 32.2. The van der Waals surface area contributed by atoms with Crippen LogP contribution in [-0.2, 0) is 16.4 Å². The Hall–Kier alpha value is -2.21. The van der Waals surface area contributed by atoms with Crippen LogP contribution in [0.3, 0.4) is 0 Å². The summed E-state index contributed by atoms with van der Waals surface area (Å²) in [5.41, 5.74) is 1.87. The summed E-state index contributed by atoms with van der Waals surface area (Å²) >= 11 is 0. The number of ether oxygens (including phenoxy) is 2. The van der Waals surface area contributed by atoms with Crippen LogP contribution in [0.2, 0.25) is 0 Å². The molecule has 0 aliphatic carbocycles. The van der Waals surface area contributed by atoms with Gasteiger partial charge in [-0.3, -0.25) is 4.31 Å². The highest BCUT2D eigenvalue weighted by Crippen LogP contribution is 2.35. The average Bonchev–Trinajstić information content (AvgIpc) is 2.99. The van der Waals surface area contributed by atoms with Crippen molar-refractivity contribution in [2.24, 2.45) is 0 Å². The summed E-state index contributed by atoms with van der Waals surface area (Å²) in [6, 6.07) is 12.6. The third-order valence-electron chi connectivity index (χ3n) is 4.62. The molecule has 0 fully saturated rings. The molecule has 0 saturated heterocycles. The van der Waals surface area contributed by atoms with Crippen molar-refractivity contribution in [2.45, 2.75) is 30.6 Å². The van der Waals surface area contributed by atoms with Crippen LogP contribution in [0.15, 0.2) is 47.4 Å². The molecule has 2 aliphatic heterocycles. The second-order valence-electron chi connectivity index (χ2n) is 6.32. The van der Waals surface area contributed by atoms with Gasteiger partial charge >= 0.3 is 0 Å². The van der Waals surface area contributed by atoms with Crippen molar-refractivity contribution in [1.29, 1.82) is 0 Å². The second kappa shape index (κ2) is 6.59. The van der Waals surface area contributed by atoms with Gasteiger partial charge in [-0.1, -0.05) is 18.2 Å². The highest BCUT2D eigenvalue weighted by Gasteiger charge is 2.29. The standard InChI is InChI=1S/C19H21NO4S/c21-25(22,16-9-10-18-19(14-16)24-13-5-12-23-18)20-11-4-3-7-15-6-1-2-8-17(15)20/h1-2,6,8-10,14H,3-5,7,11-13H2. The van der Waals surface area contributed by atoms with Gasteiger partial charge < -0.3 is 9.47 Å². The second-order valence-corrected chi connectivity index (χ2v) is 8.18. The van der Waals surface area contributed by atoms with Gasteiger partial charge in [-0.05, 0) is 43.0 Å². The molecular weight excluding hydrogens is 338 g/mol. The molecule has 132 valence electrons. The maximum absolute atomic E-state index is 13.3. The van der Waals surface area contributed by atoms with Gasteiger partial charge in [0.1, 0.15) is 0 Å². The van der Waals surface area contributed by atoms with E-state index >= 15 is 0 Å². The Morgan fingerprint density at radius 1 is 0.880 bits per heavy atom. The van der Waals surface area contributed by atoms with E-state index in [2.05, 4.69) is 0 Å². The Morgan fingerprint density at radius 2 is 1.68 bits per heavy atom. The van der Waals surface area contributed by atoms with E-state index in [4.69, 9.17) is 9.47 Å². The van der Waals surface area contributed by atoms with Crippen molar-refractivity contribution in [3.63, 3.8) is 0 Å². The molecule has 0 N–H and O–H groups in total. The highest BCUT2D eigenvalue weighted by molar-refractivity contribution is 7.92. The molecule has 6 heteroatoms. The predicted octanol–water partition coefficient (Wildman–Crippen LogP) is 3.38. The van der Waals surface area contributed by atoms with Crippen molar-refractivity contribution in [2.75, 3.05) is 24.1 Å². The maximum Gasteiger partial charge on any atom is 0.264 e. The summed E-state index contributed by atoms with van der Waals surface area (Å²) in [7, 11) is -3.65. The van der Waals surface area contributed by atoms with E-state index in [1.165, 1.54) is 4.31 Å². The first-order chi connectivity index (χ1) is 12.2. The number of anilines is 1. The summed E-state index contributed by atoms with van der Waals surface area (Å²) in [6.07, 6.45) is 3.53. The van der Waals surface area contributed by atoms with E-state index in [0.29, 0.717) is 31.3 Å². The smallest absolute Gasteiger partial charge is 0.264 e. The van der Waals surface area contributed by atoms with Crippen LogP contribution in [0.25, 0.3) is 0 Å². The molecule has 0 aromatic heterocycles. The van der Waals surface area contributed by atoms with Gasteiger partial charge in [-0.2, -0.15) is 0 Å². The number of hydrogen-bond acceptors (Lipinski definition) is 4. The van der Waals surface area contributed by atoms with E-state index in [1.807, 2.05) is 24.3 Å². The first-order valence-corrected chi connectivity index (χ1v) is 10.1. The van der Waals surface area contributed by atoms with Gasteiger partial charge in [0.2, 0.25) is 0 Å². The van der Waals surface area contributed by atoms with Crippen molar-refractivity contribution in [1.82, 2.24) is 0 Å². The van der Waals surface area contributed by atoms with E-state index in [-0.39, 0.29) is 4.90 Å². The predicted molar refractivity (Wildman–Crippen MR) is 96.0 cm³/mol. The van der Waals surface area contributed by atoms with Crippen molar-refractivity contribution in [3.8, 4) is 11.5 Å². The summed E-state index contributed by atoms with van der Waals surface area (Å²) in [4.78, 5) is 0.244. The lowest BCUT2D eigenvalue weighted by molar-refractivity contribution is 0.297. The number of sulfonamides is 1. The lowest BCUT2D eigenvalue weighted by Crippen LogP contribution is -2.31. The molecular formula is C19H21NO4S. The van der Waals surface area contributed by atoms with Gasteiger partial charge in [0.05, 0.1) is 23.8 Å². The molecule has 0 unspecified atom stereocenters. The molecule has 0 bridgehead atoms. The molecule has 2 aromatic carbocycles. The number of aryl methyl sites for hydroxylation is 1. The van der Waals surface area contributed by atoms with Crippen LogP contribution in [0, 0.1) is 0 Å². The lowest BCUT2D eigenvalue weighted by atomic mass is 10.1. The largest absolute Gasteiger partial charge is 0.490 e. The molecule has 0 saturated carbocycles. The molecule has 0 spiro atoms. The summed E-state index contributed by atoms with van der Waals surface area (Å²) in [5, 5.41) is 0. The summed E-state index contributed by atoms with van der Waals surface area (Å²) in [5.74, 6) is 1.11. The molecule has 4 rings (SSSR count). The normalized spacial score (nSPS) is 17.4.